The van der Waals surface area contributed by atoms with Crippen LogP contribution in [0.4, 0.5) is 0 Å². The molecule has 0 fully saturated rings. The fourth-order valence-corrected chi connectivity index (χ4v) is 1.99. The Labute approximate surface area is 154 Å². The molecule has 0 saturated carbocycles. The number of hydrogen-bond acceptors (Lipinski definition) is 3. The molecule has 21 heavy (non-hydrogen) atoms. The van der Waals surface area contributed by atoms with Crippen LogP contribution in [-0.4, -0.2) is 5.97 Å². The molecule has 3 nitrogen and oxygen atoms in total. The van der Waals surface area contributed by atoms with Crippen LogP contribution >= 0.6 is 0 Å². The van der Waals surface area contributed by atoms with Crippen LogP contribution in [0.1, 0.15) is 6.92 Å². The third kappa shape index (κ3) is 5.89. The summed E-state index contributed by atoms with van der Waals surface area (Å²) in [4.78, 5) is 11.1. The number of ether oxygens (including phenoxy) is 1. The maximum atomic E-state index is 11.1. The molecule has 0 atom stereocenters. The molecule has 0 amide bonds. The van der Waals surface area contributed by atoms with Crippen LogP contribution in [0.3, 0.4) is 0 Å². The average Bonchev–Trinajstić information content (AvgIpc) is 2.39. The number of halogens is 3. The zero-order valence-electron chi connectivity index (χ0n) is 11.0. The van der Waals surface area contributed by atoms with E-state index in [4.69, 9.17) is 8.06 Å². The monoisotopic (exact) mass is 380 g/mol. The topological polar surface area (TPSA) is 35.5 Å². The largest absolute Gasteiger partial charge is 1.00 e. The summed E-state index contributed by atoms with van der Waals surface area (Å²) < 4.78 is 10.5. The van der Waals surface area contributed by atoms with E-state index in [1.165, 1.54) is 6.92 Å². The number of benzene rings is 2. The summed E-state index contributed by atoms with van der Waals surface area (Å²) in [7, 11) is 0. The molecule has 0 radical (unpaired) electrons. The molecule has 0 unspecified atom stereocenters. The smallest absolute Gasteiger partial charge is 1.00 e. The van der Waals surface area contributed by atoms with Gasteiger partial charge in [0.15, 0.2) is 0 Å². The van der Waals surface area contributed by atoms with Crippen molar-refractivity contribution in [3.8, 4) is 22.6 Å². The van der Waals surface area contributed by atoms with Crippen LogP contribution in [0.5, 0.6) is 11.5 Å². The zero-order chi connectivity index (χ0) is 13.0. The molecule has 0 bridgehead atoms. The number of rotatable bonds is 3. The van der Waals surface area contributed by atoms with E-state index in [1.807, 2.05) is 42.5 Å². The summed E-state index contributed by atoms with van der Waals surface area (Å²) >= 11 is 1.62. The van der Waals surface area contributed by atoms with Gasteiger partial charge >= 0.3 is 118 Å². The van der Waals surface area contributed by atoms with Gasteiger partial charge in [-0.25, -0.2) is 0 Å². The maximum absolute atomic E-state index is 11.1. The first-order valence-corrected chi connectivity index (χ1v) is 6.06. The number of carbonyl (C=O) groups is 1. The SMILES string of the molecule is CC(=O)Oc1ccccc1-c1ccccc1[O][Ti+3].[Cl-].[Cl-].[Cl-]. The molecule has 0 aliphatic rings. The van der Waals surface area contributed by atoms with Crippen molar-refractivity contribution < 1.29 is 70.9 Å². The first kappa shape index (κ1) is 22.6. The van der Waals surface area contributed by atoms with E-state index in [9.17, 15) is 4.79 Å². The summed E-state index contributed by atoms with van der Waals surface area (Å²) in [6.45, 7) is 1.39. The minimum Gasteiger partial charge on any atom is -1.00 e. The summed E-state index contributed by atoms with van der Waals surface area (Å²) in [5.41, 5.74) is 1.74. The standard InChI is InChI=1S/C14H12O3.3ClH.Ti/c1-10(15)17-14-9-5-3-7-12(14)11-6-2-4-8-13(11)16;;;;/h2-9,16H,1H3;3*1H;/q;;;;+4/p-4. The van der Waals surface area contributed by atoms with E-state index in [0.717, 1.165) is 16.9 Å². The van der Waals surface area contributed by atoms with Gasteiger partial charge in [-0.3, -0.25) is 0 Å². The summed E-state index contributed by atoms with van der Waals surface area (Å²) in [5, 5.41) is 0. The Kier molecular flexibility index (Phi) is 11.8. The van der Waals surface area contributed by atoms with Crippen LogP contribution < -0.4 is 45.3 Å². The third-order valence-corrected chi connectivity index (χ3v) is 2.77. The summed E-state index contributed by atoms with van der Waals surface area (Å²) in [6.07, 6.45) is 0. The van der Waals surface area contributed by atoms with Gasteiger partial charge in [-0.1, -0.05) is 0 Å². The quantitative estimate of drug-likeness (QED) is 0.302. The minimum atomic E-state index is -0.336. The molecule has 0 heterocycles. The van der Waals surface area contributed by atoms with Gasteiger partial charge in [0.25, 0.3) is 0 Å². The Balaban J connectivity index is 0. The van der Waals surface area contributed by atoms with Gasteiger partial charge in [0.1, 0.15) is 0 Å². The van der Waals surface area contributed by atoms with E-state index in [1.54, 1.807) is 26.9 Å². The number of hydrogen-bond donors (Lipinski definition) is 0. The van der Waals surface area contributed by atoms with Crippen molar-refractivity contribution in [2.24, 2.45) is 0 Å². The fraction of sp³-hybridized carbons (Fsp3) is 0.0714. The van der Waals surface area contributed by atoms with E-state index in [0.29, 0.717) is 5.75 Å². The Morgan fingerprint density at radius 1 is 0.857 bits per heavy atom. The van der Waals surface area contributed by atoms with E-state index in [2.05, 4.69) is 0 Å². The van der Waals surface area contributed by atoms with Crippen LogP contribution in [0.15, 0.2) is 48.5 Å². The first-order chi connectivity index (χ1) is 8.72. The van der Waals surface area contributed by atoms with E-state index in [-0.39, 0.29) is 43.2 Å². The first-order valence-electron chi connectivity index (χ1n) is 5.43. The van der Waals surface area contributed by atoms with Crippen LogP contribution in [-0.2, 0) is 25.6 Å². The van der Waals surface area contributed by atoms with Gasteiger partial charge in [-0.2, -0.15) is 0 Å². The van der Waals surface area contributed by atoms with Gasteiger partial charge in [0.2, 0.25) is 0 Å². The molecule has 110 valence electrons. The van der Waals surface area contributed by atoms with Crippen LogP contribution in [0.25, 0.3) is 11.1 Å². The van der Waals surface area contributed by atoms with Gasteiger partial charge in [-0.15, -0.1) is 0 Å². The van der Waals surface area contributed by atoms with Crippen LogP contribution in [0.2, 0.25) is 0 Å². The molecule has 2 rings (SSSR count). The zero-order valence-corrected chi connectivity index (χ0v) is 14.8. The van der Waals surface area contributed by atoms with Crippen molar-refractivity contribution in [2.45, 2.75) is 6.92 Å². The average molecular weight is 381 g/mol. The Bertz CT molecular complexity index is 579. The molecule has 0 saturated heterocycles. The Hall–Kier alpha value is -0.706. The predicted molar refractivity (Wildman–Crippen MR) is 63.8 cm³/mol. The molecular weight excluding hydrogens is 370 g/mol. The molecule has 2 aromatic rings. The molecular formula is C14H11Cl3O3Ti. The van der Waals surface area contributed by atoms with Crippen molar-refractivity contribution in [2.75, 3.05) is 0 Å². The maximum Gasteiger partial charge on any atom is -1.00 e. The van der Waals surface area contributed by atoms with Crippen molar-refractivity contribution in [1.29, 1.82) is 0 Å². The second kappa shape index (κ2) is 10.9. The van der Waals surface area contributed by atoms with E-state index >= 15 is 0 Å². The second-order valence-corrected chi connectivity index (χ2v) is 4.01. The van der Waals surface area contributed by atoms with Gasteiger partial charge in [-0.05, 0) is 0 Å². The number of carbonyl (C=O) groups excluding carboxylic acids is 1. The minimum absolute atomic E-state index is 0. The van der Waals surface area contributed by atoms with E-state index < -0.39 is 0 Å². The summed E-state index contributed by atoms with van der Waals surface area (Å²) in [5.74, 6) is 0.948. The fourth-order valence-electron chi connectivity index (χ4n) is 1.71. The molecule has 7 heteroatoms. The number of esters is 1. The van der Waals surface area contributed by atoms with Gasteiger partial charge < -0.3 is 37.2 Å². The Morgan fingerprint density at radius 2 is 1.29 bits per heavy atom. The molecule has 0 aliphatic heterocycles. The third-order valence-electron chi connectivity index (χ3n) is 2.43. The summed E-state index contributed by atoms with van der Waals surface area (Å²) in [6, 6.07) is 15.0. The normalized spacial score (nSPS) is 8.52. The molecule has 2 aromatic carbocycles. The molecule has 0 spiro atoms. The van der Waals surface area contributed by atoms with Crippen LogP contribution in [0, 0.1) is 0 Å². The van der Waals surface area contributed by atoms with Crippen molar-refractivity contribution in [3.63, 3.8) is 0 Å². The molecule has 0 aromatic heterocycles. The molecule has 0 aliphatic carbocycles. The van der Waals surface area contributed by atoms with Crippen molar-refractivity contribution in [3.05, 3.63) is 48.5 Å². The predicted octanol–water partition coefficient (Wildman–Crippen LogP) is -5.87. The molecule has 0 N–H and O–H groups in total. The Morgan fingerprint density at radius 3 is 1.76 bits per heavy atom. The van der Waals surface area contributed by atoms with Crippen molar-refractivity contribution >= 4 is 5.97 Å². The van der Waals surface area contributed by atoms with Crippen molar-refractivity contribution in [1.82, 2.24) is 0 Å². The van der Waals surface area contributed by atoms with Gasteiger partial charge in [0.05, 0.1) is 0 Å². The number of para-hydroxylation sites is 2. The second-order valence-electron chi connectivity index (χ2n) is 3.69. The van der Waals surface area contributed by atoms with Gasteiger partial charge in [0, 0.05) is 0 Å².